The van der Waals surface area contributed by atoms with Gasteiger partial charge in [-0.05, 0) is 94.7 Å². The molecule has 3 heterocycles. The number of hydrogen-bond donors (Lipinski definition) is 1. The largest absolute Gasteiger partial charge is 0.352 e. The van der Waals surface area contributed by atoms with Crippen LogP contribution in [0.2, 0.25) is 0 Å². The molecule has 3 aromatic rings. The molecule has 156 valence electrons. The zero-order valence-electron chi connectivity index (χ0n) is 18.6. The summed E-state index contributed by atoms with van der Waals surface area (Å²) in [5.41, 5.74) is 8.67. The van der Waals surface area contributed by atoms with Gasteiger partial charge in [-0.2, -0.15) is 0 Å². The van der Waals surface area contributed by atoms with Crippen molar-refractivity contribution >= 4 is 17.3 Å². The monoisotopic (exact) mass is 418 g/mol. The summed E-state index contributed by atoms with van der Waals surface area (Å²) in [6.45, 7) is 13.2. The van der Waals surface area contributed by atoms with Gasteiger partial charge in [0.05, 0.1) is 17.8 Å². The molecule has 0 radical (unpaired) electrons. The molecule has 1 fully saturated rings. The summed E-state index contributed by atoms with van der Waals surface area (Å²) < 4.78 is 2.38. The molecule has 0 bridgehead atoms. The van der Waals surface area contributed by atoms with Crippen LogP contribution in [0.3, 0.4) is 0 Å². The normalized spacial score (nSPS) is 18.9. The number of nitrogens with zero attached hydrogens (tertiary/aromatic N) is 3. The lowest BCUT2D eigenvalue weighted by Crippen LogP contribution is -2.35. The van der Waals surface area contributed by atoms with Crippen molar-refractivity contribution in [2.75, 3.05) is 0 Å². The molecule has 1 saturated heterocycles. The van der Waals surface area contributed by atoms with Crippen molar-refractivity contribution < 1.29 is 0 Å². The Morgan fingerprint density at radius 3 is 2.47 bits per heavy atom. The van der Waals surface area contributed by atoms with Crippen LogP contribution in [0.5, 0.6) is 0 Å². The zero-order chi connectivity index (χ0) is 21.6. The molecule has 2 aromatic heterocycles. The van der Waals surface area contributed by atoms with E-state index in [2.05, 4.69) is 91.6 Å². The van der Waals surface area contributed by atoms with Crippen molar-refractivity contribution in [3.05, 3.63) is 82.4 Å². The van der Waals surface area contributed by atoms with Crippen LogP contribution in [-0.4, -0.2) is 25.6 Å². The highest BCUT2D eigenvalue weighted by Gasteiger charge is 2.42. The first kappa shape index (κ1) is 20.6. The minimum atomic E-state index is 0.0219. The Morgan fingerprint density at radius 2 is 1.80 bits per heavy atom. The molecule has 1 aliphatic rings. The van der Waals surface area contributed by atoms with E-state index >= 15 is 0 Å². The Hall–Kier alpha value is -2.66. The highest BCUT2D eigenvalue weighted by Crippen LogP contribution is 2.42. The zero-order valence-corrected chi connectivity index (χ0v) is 19.4. The molecule has 0 saturated carbocycles. The third kappa shape index (κ3) is 3.31. The van der Waals surface area contributed by atoms with Gasteiger partial charge in [-0.15, -0.1) is 0 Å². The van der Waals surface area contributed by atoms with E-state index in [1.54, 1.807) is 0 Å². The number of rotatable bonds is 4. The van der Waals surface area contributed by atoms with Crippen LogP contribution >= 0.6 is 12.2 Å². The lowest BCUT2D eigenvalue weighted by Gasteiger charge is -2.31. The summed E-state index contributed by atoms with van der Waals surface area (Å²) in [5, 5.41) is 4.35. The first-order valence-electron chi connectivity index (χ1n) is 10.6. The molecule has 4 nitrogen and oxygen atoms in total. The number of aromatic nitrogens is 2. The third-order valence-electron chi connectivity index (χ3n) is 6.30. The minimum Gasteiger partial charge on any atom is -0.352 e. The first-order valence-corrected chi connectivity index (χ1v) is 11.0. The van der Waals surface area contributed by atoms with Crippen LogP contribution in [-0.2, 0) is 0 Å². The highest BCUT2D eigenvalue weighted by molar-refractivity contribution is 7.80. The van der Waals surface area contributed by atoms with Crippen LogP contribution < -0.4 is 5.32 Å². The van der Waals surface area contributed by atoms with E-state index in [4.69, 9.17) is 12.2 Å². The minimum absolute atomic E-state index is 0.0219. The Morgan fingerprint density at radius 1 is 1.03 bits per heavy atom. The molecule has 30 heavy (non-hydrogen) atoms. The van der Waals surface area contributed by atoms with Crippen molar-refractivity contribution in [3.8, 4) is 5.69 Å². The predicted molar refractivity (Wildman–Crippen MR) is 127 cm³/mol. The van der Waals surface area contributed by atoms with E-state index in [0.717, 1.165) is 10.8 Å². The van der Waals surface area contributed by atoms with E-state index < -0.39 is 0 Å². The maximum absolute atomic E-state index is 5.77. The van der Waals surface area contributed by atoms with Gasteiger partial charge in [0.15, 0.2) is 5.11 Å². The molecule has 0 spiro atoms. The molecule has 0 aliphatic carbocycles. The molecule has 0 unspecified atom stereocenters. The molecule has 1 aliphatic heterocycles. The summed E-state index contributed by atoms with van der Waals surface area (Å²) >= 11 is 5.77. The molecular weight excluding hydrogens is 388 g/mol. The van der Waals surface area contributed by atoms with Crippen molar-refractivity contribution in [1.29, 1.82) is 0 Å². The van der Waals surface area contributed by atoms with Crippen molar-refractivity contribution in [2.45, 2.75) is 59.7 Å². The van der Waals surface area contributed by atoms with Gasteiger partial charge in [-0.3, -0.25) is 4.98 Å². The third-order valence-corrected chi connectivity index (χ3v) is 6.63. The smallest absolute Gasteiger partial charge is 0.170 e. The van der Waals surface area contributed by atoms with E-state index in [9.17, 15) is 0 Å². The fourth-order valence-corrected chi connectivity index (χ4v) is 5.14. The lowest BCUT2D eigenvalue weighted by atomic mass is 9.96. The van der Waals surface area contributed by atoms with Crippen molar-refractivity contribution in [1.82, 2.24) is 19.8 Å². The van der Waals surface area contributed by atoms with Crippen LogP contribution in [0.15, 0.2) is 48.7 Å². The summed E-state index contributed by atoms with van der Waals surface area (Å²) in [7, 11) is 0. The maximum atomic E-state index is 5.77. The summed E-state index contributed by atoms with van der Waals surface area (Å²) in [6.07, 6.45) is 1.86. The van der Waals surface area contributed by atoms with Gasteiger partial charge in [0, 0.05) is 29.3 Å². The number of nitrogens with one attached hydrogen (secondary N) is 1. The number of benzene rings is 1. The fraction of sp³-hybridized carbons (Fsp3) is 0.360. The fourth-order valence-electron chi connectivity index (χ4n) is 4.69. The standard InChI is InChI=1S/C25H30N4S/c1-15(2)28-24(23(27-25(28)30)21-11-7-8-13-26-21)20-14-17(4)29(19(20)6)22-12-9-10-16(3)18(22)5/h7-15,23-24H,1-6H3,(H,27,30)/t23-,24+/m0/s1. The van der Waals surface area contributed by atoms with Crippen molar-refractivity contribution in [3.63, 3.8) is 0 Å². The molecule has 1 aromatic carbocycles. The topological polar surface area (TPSA) is 33.1 Å². The first-order chi connectivity index (χ1) is 14.3. The molecule has 4 rings (SSSR count). The van der Waals surface area contributed by atoms with E-state index in [0.29, 0.717) is 0 Å². The number of aryl methyl sites for hydroxylation is 2. The summed E-state index contributed by atoms with van der Waals surface area (Å²) in [5.74, 6) is 0. The van der Waals surface area contributed by atoms with Crippen LogP contribution in [0.25, 0.3) is 5.69 Å². The molecular formula is C25H30N4S. The van der Waals surface area contributed by atoms with Crippen LogP contribution in [0.4, 0.5) is 0 Å². The average molecular weight is 419 g/mol. The predicted octanol–water partition coefficient (Wildman–Crippen LogP) is 5.49. The summed E-state index contributed by atoms with van der Waals surface area (Å²) in [6, 6.07) is 15.3. The lowest BCUT2D eigenvalue weighted by molar-refractivity contribution is 0.269. The van der Waals surface area contributed by atoms with Gasteiger partial charge in [-0.1, -0.05) is 18.2 Å². The molecule has 2 atom stereocenters. The molecule has 0 amide bonds. The second-order valence-electron chi connectivity index (χ2n) is 8.51. The van der Waals surface area contributed by atoms with Gasteiger partial charge in [-0.25, -0.2) is 0 Å². The number of thiocarbonyl (C=S) groups is 1. The Bertz CT molecular complexity index is 1080. The van der Waals surface area contributed by atoms with Gasteiger partial charge in [0.2, 0.25) is 0 Å². The van der Waals surface area contributed by atoms with E-state index in [1.165, 1.54) is 33.8 Å². The quantitative estimate of drug-likeness (QED) is 0.568. The Kier molecular flexibility index (Phi) is 5.41. The van der Waals surface area contributed by atoms with Crippen LogP contribution in [0.1, 0.15) is 59.7 Å². The number of pyridine rings is 1. The molecule has 5 heteroatoms. The average Bonchev–Trinajstić information content (AvgIpc) is 3.21. The van der Waals surface area contributed by atoms with Gasteiger partial charge in [0.1, 0.15) is 0 Å². The second-order valence-corrected chi connectivity index (χ2v) is 8.90. The number of hydrogen-bond acceptors (Lipinski definition) is 2. The SMILES string of the molecule is Cc1cccc(-n2c(C)cc([C@@H]3[C@H](c4ccccn4)NC(=S)N3C(C)C)c2C)c1C. The van der Waals surface area contributed by atoms with E-state index in [1.807, 2.05) is 18.3 Å². The Balaban J connectivity index is 1.88. The van der Waals surface area contributed by atoms with Gasteiger partial charge < -0.3 is 14.8 Å². The van der Waals surface area contributed by atoms with E-state index in [-0.39, 0.29) is 18.1 Å². The Labute approximate surface area is 184 Å². The van der Waals surface area contributed by atoms with Crippen molar-refractivity contribution in [2.24, 2.45) is 0 Å². The second kappa shape index (κ2) is 7.88. The van der Waals surface area contributed by atoms with Crippen LogP contribution in [0, 0.1) is 27.7 Å². The highest BCUT2D eigenvalue weighted by atomic mass is 32.1. The molecule has 1 N–H and O–H groups in total. The summed E-state index contributed by atoms with van der Waals surface area (Å²) in [4.78, 5) is 6.98. The van der Waals surface area contributed by atoms with Gasteiger partial charge >= 0.3 is 0 Å². The maximum Gasteiger partial charge on any atom is 0.170 e. The van der Waals surface area contributed by atoms with Gasteiger partial charge in [0.25, 0.3) is 0 Å².